The third-order valence-corrected chi connectivity index (χ3v) is 6.15. The van der Waals surface area contributed by atoms with Gasteiger partial charge in [0, 0.05) is 11.5 Å². The number of rotatable bonds is 2. The molecule has 0 bridgehead atoms. The van der Waals surface area contributed by atoms with E-state index in [2.05, 4.69) is 5.32 Å². The van der Waals surface area contributed by atoms with Gasteiger partial charge in [-0.2, -0.15) is 0 Å². The largest absolute Gasteiger partial charge is 0.458 e. The number of carbonyl (C=O) groups excluding carboxylic acids is 2. The summed E-state index contributed by atoms with van der Waals surface area (Å²) in [5.41, 5.74) is 0.821. The summed E-state index contributed by atoms with van der Waals surface area (Å²) >= 11 is 1.45. The van der Waals surface area contributed by atoms with E-state index in [1.165, 1.54) is 11.8 Å². The van der Waals surface area contributed by atoms with Gasteiger partial charge in [0.15, 0.2) is 0 Å². The van der Waals surface area contributed by atoms with E-state index in [-0.39, 0.29) is 5.91 Å². The molecule has 1 N–H and O–H groups in total. The van der Waals surface area contributed by atoms with Gasteiger partial charge in [0.1, 0.15) is 17.1 Å². The van der Waals surface area contributed by atoms with Crippen LogP contribution in [0.25, 0.3) is 0 Å². The first kappa shape index (κ1) is 19.7. The number of hydrogen-bond acceptors (Lipinski definition) is 5. The van der Waals surface area contributed by atoms with E-state index in [1.807, 2.05) is 81.6 Å². The van der Waals surface area contributed by atoms with Crippen molar-refractivity contribution in [1.82, 2.24) is 5.32 Å². The second-order valence-electron chi connectivity index (χ2n) is 8.32. The zero-order valence-corrected chi connectivity index (χ0v) is 17.7. The molecule has 0 saturated carbocycles. The maximum absolute atomic E-state index is 13.6. The van der Waals surface area contributed by atoms with Crippen molar-refractivity contribution in [1.29, 1.82) is 0 Å². The lowest BCUT2D eigenvalue weighted by Crippen LogP contribution is -2.44. The molecule has 150 valence electrons. The summed E-state index contributed by atoms with van der Waals surface area (Å²) in [5, 5.41) is 3.66. The van der Waals surface area contributed by atoms with Gasteiger partial charge < -0.3 is 10.1 Å². The zero-order valence-electron chi connectivity index (χ0n) is 16.9. The minimum atomic E-state index is -1.04. The van der Waals surface area contributed by atoms with Gasteiger partial charge in [0.25, 0.3) is 0 Å². The van der Waals surface area contributed by atoms with Gasteiger partial charge in [0.05, 0.1) is 10.7 Å². The smallest absolute Gasteiger partial charge is 0.329 e. The Balaban J connectivity index is 1.93. The number of amides is 1. The normalized spacial score (nSPS) is 25.5. The lowest BCUT2D eigenvalue weighted by molar-refractivity contribution is -0.157. The fraction of sp³-hybridized carbons (Fsp3) is 0.348. The SMILES string of the molecule is CSC1=Nc2ccccc2C12C(=O)NC(C(=O)OC(C)(C)C)C2c1ccccc1. The van der Waals surface area contributed by atoms with Gasteiger partial charge in [-0.25, -0.2) is 9.79 Å². The maximum atomic E-state index is 13.6. The average molecular weight is 409 g/mol. The van der Waals surface area contributed by atoms with Crippen LogP contribution in [0.2, 0.25) is 0 Å². The van der Waals surface area contributed by atoms with Crippen LogP contribution in [0.4, 0.5) is 5.69 Å². The Labute approximate surface area is 174 Å². The maximum Gasteiger partial charge on any atom is 0.329 e. The molecule has 2 aromatic carbocycles. The molecule has 1 fully saturated rings. The minimum Gasteiger partial charge on any atom is -0.458 e. The van der Waals surface area contributed by atoms with Crippen molar-refractivity contribution in [2.75, 3.05) is 6.26 Å². The number of thioether (sulfide) groups is 1. The van der Waals surface area contributed by atoms with Crippen LogP contribution in [-0.4, -0.2) is 34.8 Å². The summed E-state index contributed by atoms with van der Waals surface area (Å²) < 4.78 is 5.68. The van der Waals surface area contributed by atoms with Crippen molar-refractivity contribution in [3.8, 4) is 0 Å². The van der Waals surface area contributed by atoms with E-state index in [4.69, 9.17) is 9.73 Å². The van der Waals surface area contributed by atoms with Crippen molar-refractivity contribution < 1.29 is 14.3 Å². The predicted molar refractivity (Wildman–Crippen MR) is 116 cm³/mol. The standard InChI is InChI=1S/C23H24N2O3S/c1-22(2,3)28-19(26)18-17(14-10-6-5-7-11-14)23(20(27)25-18)15-12-8-9-13-16(15)24-21(23)29-4/h5-13,17-18H,1-4H3,(H,25,27). The molecule has 1 saturated heterocycles. The first-order chi connectivity index (χ1) is 13.8. The number of fused-ring (bicyclic) bond motifs is 2. The van der Waals surface area contributed by atoms with Crippen LogP contribution in [0.5, 0.6) is 0 Å². The van der Waals surface area contributed by atoms with Gasteiger partial charge in [-0.05, 0) is 38.7 Å². The highest BCUT2D eigenvalue weighted by molar-refractivity contribution is 8.13. The topological polar surface area (TPSA) is 67.8 Å². The molecule has 5 nitrogen and oxygen atoms in total. The molecule has 29 heavy (non-hydrogen) atoms. The molecule has 4 rings (SSSR count). The summed E-state index contributed by atoms with van der Waals surface area (Å²) in [5.74, 6) is -1.09. The van der Waals surface area contributed by atoms with Crippen LogP contribution < -0.4 is 5.32 Å². The Morgan fingerprint density at radius 2 is 1.76 bits per heavy atom. The van der Waals surface area contributed by atoms with Gasteiger partial charge in [0.2, 0.25) is 5.91 Å². The number of esters is 1. The molecule has 1 spiro atoms. The van der Waals surface area contributed by atoms with Crippen molar-refractivity contribution in [2.45, 2.75) is 43.7 Å². The summed E-state index contributed by atoms with van der Waals surface area (Å²) in [7, 11) is 0. The Bertz CT molecular complexity index is 997. The zero-order chi connectivity index (χ0) is 20.8. The second-order valence-corrected chi connectivity index (χ2v) is 9.11. The summed E-state index contributed by atoms with van der Waals surface area (Å²) in [6.07, 6.45) is 1.92. The van der Waals surface area contributed by atoms with Gasteiger partial charge >= 0.3 is 5.97 Å². The number of hydrogen-bond donors (Lipinski definition) is 1. The van der Waals surface area contributed by atoms with E-state index in [0.717, 1.165) is 16.8 Å². The lowest BCUT2D eigenvalue weighted by Gasteiger charge is -2.33. The highest BCUT2D eigenvalue weighted by atomic mass is 32.2. The first-order valence-corrected chi connectivity index (χ1v) is 10.8. The van der Waals surface area contributed by atoms with Crippen LogP contribution in [-0.2, 0) is 19.7 Å². The molecular formula is C23H24N2O3S. The number of carbonyl (C=O) groups is 2. The number of para-hydroxylation sites is 1. The molecule has 2 aromatic rings. The quantitative estimate of drug-likeness (QED) is 0.764. The van der Waals surface area contributed by atoms with Crippen LogP contribution in [0, 0.1) is 0 Å². The molecule has 1 amide bonds. The first-order valence-electron chi connectivity index (χ1n) is 9.60. The third-order valence-electron chi connectivity index (χ3n) is 5.35. The van der Waals surface area contributed by atoms with Crippen LogP contribution >= 0.6 is 11.8 Å². The van der Waals surface area contributed by atoms with Gasteiger partial charge in [-0.3, -0.25) is 4.79 Å². The second kappa shape index (κ2) is 7.02. The lowest BCUT2D eigenvalue weighted by atomic mass is 9.68. The Morgan fingerprint density at radius 3 is 2.41 bits per heavy atom. The summed E-state index contributed by atoms with van der Waals surface area (Å²) in [6, 6.07) is 16.6. The molecule has 2 heterocycles. The third kappa shape index (κ3) is 3.06. The molecule has 3 atom stereocenters. The Kier molecular flexibility index (Phi) is 4.77. The van der Waals surface area contributed by atoms with Gasteiger partial charge in [-0.15, -0.1) is 11.8 Å². The highest BCUT2D eigenvalue weighted by Gasteiger charge is 2.64. The molecule has 2 aliphatic heterocycles. The molecule has 3 unspecified atom stereocenters. The van der Waals surface area contributed by atoms with E-state index < -0.39 is 28.9 Å². The predicted octanol–water partition coefficient (Wildman–Crippen LogP) is 3.95. The number of benzene rings is 2. The molecule has 6 heteroatoms. The van der Waals surface area contributed by atoms with Crippen molar-refractivity contribution in [2.24, 2.45) is 4.99 Å². The Morgan fingerprint density at radius 1 is 1.10 bits per heavy atom. The molecule has 2 aliphatic rings. The van der Waals surface area contributed by atoms with E-state index in [0.29, 0.717) is 5.04 Å². The number of nitrogens with one attached hydrogen (secondary N) is 1. The molecular weight excluding hydrogens is 384 g/mol. The van der Waals surface area contributed by atoms with Crippen molar-refractivity contribution >= 4 is 34.4 Å². The molecule has 0 aliphatic carbocycles. The molecule has 0 aromatic heterocycles. The monoisotopic (exact) mass is 408 g/mol. The number of aliphatic imine (C=N–C) groups is 1. The molecule has 0 radical (unpaired) electrons. The van der Waals surface area contributed by atoms with Crippen molar-refractivity contribution in [3.63, 3.8) is 0 Å². The minimum absolute atomic E-state index is 0.208. The highest BCUT2D eigenvalue weighted by Crippen LogP contribution is 2.55. The van der Waals surface area contributed by atoms with E-state index >= 15 is 0 Å². The van der Waals surface area contributed by atoms with Crippen LogP contribution in [0.1, 0.15) is 37.8 Å². The fourth-order valence-electron chi connectivity index (χ4n) is 4.34. The average Bonchev–Trinajstić information content (AvgIpc) is 3.18. The van der Waals surface area contributed by atoms with E-state index in [1.54, 1.807) is 0 Å². The van der Waals surface area contributed by atoms with Gasteiger partial charge in [-0.1, -0.05) is 48.5 Å². The Hall–Kier alpha value is -2.60. The summed E-state index contributed by atoms with van der Waals surface area (Å²) in [6.45, 7) is 5.48. The van der Waals surface area contributed by atoms with E-state index in [9.17, 15) is 9.59 Å². The van der Waals surface area contributed by atoms with Crippen molar-refractivity contribution in [3.05, 3.63) is 65.7 Å². The number of nitrogens with zero attached hydrogens (tertiary/aromatic N) is 1. The fourth-order valence-corrected chi connectivity index (χ4v) is 5.18. The van der Waals surface area contributed by atoms with Crippen LogP contribution in [0.3, 0.4) is 0 Å². The van der Waals surface area contributed by atoms with Crippen LogP contribution in [0.15, 0.2) is 59.6 Å². The summed E-state index contributed by atoms with van der Waals surface area (Å²) in [4.78, 5) is 31.5. The number of ether oxygens (including phenoxy) is 1.